The van der Waals surface area contributed by atoms with Crippen LogP contribution >= 0.6 is 11.3 Å². The number of carbonyl (C=O) groups excluding carboxylic acids is 1. The van der Waals surface area contributed by atoms with Crippen molar-refractivity contribution in [2.75, 3.05) is 42.7 Å². The molecule has 4 rings (SSSR count). The van der Waals surface area contributed by atoms with Gasteiger partial charge in [0.05, 0.1) is 25.0 Å². The summed E-state index contributed by atoms with van der Waals surface area (Å²) in [4.78, 5) is 38.3. The van der Waals surface area contributed by atoms with Gasteiger partial charge < -0.3 is 20.3 Å². The van der Waals surface area contributed by atoms with Gasteiger partial charge in [0.1, 0.15) is 5.52 Å². The fourth-order valence-corrected chi connectivity index (χ4v) is 3.75. The van der Waals surface area contributed by atoms with Gasteiger partial charge >= 0.3 is 6.03 Å². The number of hydrogen-bond donors (Lipinski definition) is 2. The summed E-state index contributed by atoms with van der Waals surface area (Å²) in [6.07, 6.45) is 2.91. The first-order valence-corrected chi connectivity index (χ1v) is 9.48. The zero-order valence-electron chi connectivity index (χ0n) is 15.4. The molecule has 0 aliphatic carbocycles. The molecule has 0 unspecified atom stereocenters. The Balaban J connectivity index is 1.45. The topological polar surface area (TPSA) is 135 Å². The predicted octanol–water partition coefficient (Wildman–Crippen LogP) is 1.21. The molecule has 3 aromatic rings. The second kappa shape index (κ2) is 7.38. The SMILES string of the molecule is COc1cnc(NC(=O)N2CCN(c3nc(N)nc4scnc34)[C@@H](C)C2)cn1. The Bertz CT molecular complexity index is 993. The minimum atomic E-state index is -0.230. The van der Waals surface area contributed by atoms with E-state index in [1.807, 2.05) is 6.92 Å². The second-order valence-electron chi connectivity index (χ2n) is 6.27. The summed E-state index contributed by atoms with van der Waals surface area (Å²) in [5.74, 6) is 1.68. The number of methoxy groups -OCH3 is 1. The van der Waals surface area contributed by atoms with Gasteiger partial charge in [0.15, 0.2) is 16.5 Å². The molecule has 1 atom stereocenters. The Morgan fingerprint density at radius 3 is 2.86 bits per heavy atom. The Morgan fingerprint density at radius 2 is 2.14 bits per heavy atom. The summed E-state index contributed by atoms with van der Waals surface area (Å²) in [5, 5.41) is 2.76. The fraction of sp³-hybridized carbons (Fsp3) is 0.375. The second-order valence-corrected chi connectivity index (χ2v) is 7.11. The van der Waals surface area contributed by atoms with Crippen LogP contribution in [0.5, 0.6) is 5.88 Å². The molecule has 0 spiro atoms. The summed E-state index contributed by atoms with van der Waals surface area (Å²) >= 11 is 1.42. The number of urea groups is 1. The maximum absolute atomic E-state index is 12.6. The molecule has 0 bridgehead atoms. The molecule has 2 amide bonds. The first kappa shape index (κ1) is 18.1. The maximum atomic E-state index is 12.6. The molecule has 0 saturated carbocycles. The van der Waals surface area contributed by atoms with Crippen molar-refractivity contribution < 1.29 is 9.53 Å². The van der Waals surface area contributed by atoms with E-state index in [1.54, 1.807) is 10.4 Å². The molecule has 1 saturated heterocycles. The summed E-state index contributed by atoms with van der Waals surface area (Å²) < 4.78 is 4.97. The van der Waals surface area contributed by atoms with Crippen LogP contribution in [0.3, 0.4) is 0 Å². The lowest BCUT2D eigenvalue weighted by molar-refractivity contribution is 0.200. The van der Waals surface area contributed by atoms with Gasteiger partial charge in [-0.1, -0.05) is 0 Å². The van der Waals surface area contributed by atoms with Crippen molar-refractivity contribution in [3.63, 3.8) is 0 Å². The number of nitrogens with two attached hydrogens (primary N) is 1. The first-order chi connectivity index (χ1) is 13.5. The summed E-state index contributed by atoms with van der Waals surface area (Å²) in [6.45, 7) is 3.68. The summed E-state index contributed by atoms with van der Waals surface area (Å²) in [7, 11) is 1.51. The molecule has 1 fully saturated rings. The zero-order valence-corrected chi connectivity index (χ0v) is 16.2. The van der Waals surface area contributed by atoms with Crippen molar-refractivity contribution in [2.24, 2.45) is 0 Å². The molecule has 3 N–H and O–H groups in total. The normalized spacial score (nSPS) is 17.0. The number of rotatable bonds is 3. The van der Waals surface area contributed by atoms with Crippen LogP contribution in [-0.4, -0.2) is 68.6 Å². The van der Waals surface area contributed by atoms with E-state index in [0.29, 0.717) is 37.1 Å². The lowest BCUT2D eigenvalue weighted by Gasteiger charge is -2.40. The van der Waals surface area contributed by atoms with E-state index in [4.69, 9.17) is 10.5 Å². The largest absolute Gasteiger partial charge is 0.480 e. The van der Waals surface area contributed by atoms with Crippen molar-refractivity contribution in [3.05, 3.63) is 17.9 Å². The molecule has 11 nitrogen and oxygen atoms in total. The van der Waals surface area contributed by atoms with Crippen molar-refractivity contribution in [2.45, 2.75) is 13.0 Å². The van der Waals surface area contributed by atoms with Gasteiger partial charge in [0, 0.05) is 25.7 Å². The molecule has 1 aliphatic heterocycles. The van der Waals surface area contributed by atoms with E-state index in [0.717, 1.165) is 10.3 Å². The van der Waals surface area contributed by atoms with Gasteiger partial charge in [0.2, 0.25) is 11.8 Å². The van der Waals surface area contributed by atoms with Crippen LogP contribution in [0.2, 0.25) is 0 Å². The zero-order chi connectivity index (χ0) is 19.7. The van der Waals surface area contributed by atoms with Gasteiger partial charge in [-0.3, -0.25) is 5.32 Å². The Morgan fingerprint density at radius 1 is 1.29 bits per heavy atom. The van der Waals surface area contributed by atoms with E-state index in [2.05, 4.69) is 35.1 Å². The third kappa shape index (κ3) is 3.45. The number of hydrogen-bond acceptors (Lipinski definition) is 10. The first-order valence-electron chi connectivity index (χ1n) is 8.60. The Hall–Kier alpha value is -3.28. The number of amides is 2. The summed E-state index contributed by atoms with van der Waals surface area (Å²) in [5.41, 5.74) is 8.31. The van der Waals surface area contributed by atoms with Crippen LogP contribution < -0.4 is 20.7 Å². The van der Waals surface area contributed by atoms with Crippen molar-refractivity contribution in [1.82, 2.24) is 29.8 Å². The number of carbonyl (C=O) groups is 1. The van der Waals surface area contributed by atoms with E-state index < -0.39 is 0 Å². The van der Waals surface area contributed by atoms with Gasteiger partial charge in [-0.05, 0) is 6.92 Å². The van der Waals surface area contributed by atoms with Crippen molar-refractivity contribution in [3.8, 4) is 5.88 Å². The predicted molar refractivity (Wildman–Crippen MR) is 106 cm³/mol. The lowest BCUT2D eigenvalue weighted by atomic mass is 10.2. The highest BCUT2D eigenvalue weighted by Gasteiger charge is 2.29. The highest BCUT2D eigenvalue weighted by Crippen LogP contribution is 2.28. The minimum Gasteiger partial charge on any atom is -0.480 e. The maximum Gasteiger partial charge on any atom is 0.323 e. The summed E-state index contributed by atoms with van der Waals surface area (Å²) in [6, 6.07) is -0.201. The standard InChI is InChI=1S/C16H19N9O2S/c1-9-7-24(16(26)21-10-5-19-11(27-2)6-18-10)3-4-25(9)13-12-14(28-8-20-12)23-15(17)22-13/h5-6,8-9H,3-4,7H2,1-2H3,(H2,17,22,23)(H,18,21,26)/t9-/m0/s1. The monoisotopic (exact) mass is 401 g/mol. The number of fused-ring (bicyclic) bond motifs is 1. The minimum absolute atomic E-state index is 0.0284. The van der Waals surface area contributed by atoms with Gasteiger partial charge in [-0.25, -0.2) is 24.7 Å². The van der Waals surface area contributed by atoms with Crippen LogP contribution in [-0.2, 0) is 0 Å². The third-order valence-corrected chi connectivity index (χ3v) is 5.17. The molecule has 1 aliphatic rings. The van der Waals surface area contributed by atoms with Gasteiger partial charge in [-0.15, -0.1) is 11.3 Å². The number of aromatic nitrogens is 5. The molecule has 28 heavy (non-hydrogen) atoms. The van der Waals surface area contributed by atoms with E-state index in [1.165, 1.54) is 30.8 Å². The van der Waals surface area contributed by atoms with Crippen LogP contribution in [0, 0.1) is 0 Å². The highest BCUT2D eigenvalue weighted by atomic mass is 32.1. The highest BCUT2D eigenvalue weighted by molar-refractivity contribution is 7.16. The number of nitrogen functional groups attached to an aromatic ring is 1. The van der Waals surface area contributed by atoms with E-state index in [-0.39, 0.29) is 18.0 Å². The van der Waals surface area contributed by atoms with Crippen LogP contribution in [0.15, 0.2) is 17.9 Å². The van der Waals surface area contributed by atoms with Crippen LogP contribution in [0.1, 0.15) is 6.92 Å². The lowest BCUT2D eigenvalue weighted by Crippen LogP contribution is -2.55. The van der Waals surface area contributed by atoms with Crippen molar-refractivity contribution in [1.29, 1.82) is 0 Å². The molecule has 12 heteroatoms. The Kier molecular flexibility index (Phi) is 4.77. The number of nitrogens with zero attached hydrogens (tertiary/aromatic N) is 7. The molecule has 0 radical (unpaired) electrons. The molecular formula is C16H19N9O2S. The number of nitrogens with one attached hydrogen (secondary N) is 1. The number of thiazole rings is 1. The average Bonchev–Trinajstić information content (AvgIpc) is 3.16. The van der Waals surface area contributed by atoms with Crippen LogP contribution in [0.25, 0.3) is 10.3 Å². The quantitative estimate of drug-likeness (QED) is 0.663. The number of piperazine rings is 1. The Labute approximate surface area is 164 Å². The van der Waals surface area contributed by atoms with Gasteiger partial charge in [-0.2, -0.15) is 4.98 Å². The molecular weight excluding hydrogens is 382 g/mol. The molecule has 3 aromatic heterocycles. The molecule has 0 aromatic carbocycles. The molecule has 4 heterocycles. The van der Waals surface area contributed by atoms with Crippen LogP contribution in [0.4, 0.5) is 22.4 Å². The fourth-order valence-electron chi connectivity index (χ4n) is 3.09. The average molecular weight is 401 g/mol. The molecule has 146 valence electrons. The van der Waals surface area contributed by atoms with Crippen molar-refractivity contribution >= 4 is 45.3 Å². The number of anilines is 3. The smallest absolute Gasteiger partial charge is 0.323 e. The van der Waals surface area contributed by atoms with E-state index >= 15 is 0 Å². The number of ether oxygens (including phenoxy) is 1. The van der Waals surface area contributed by atoms with E-state index in [9.17, 15) is 4.79 Å². The third-order valence-electron chi connectivity index (χ3n) is 4.46. The van der Waals surface area contributed by atoms with Gasteiger partial charge in [0.25, 0.3) is 0 Å².